The molecule has 0 aromatic heterocycles. The van der Waals surface area contributed by atoms with Crippen molar-refractivity contribution < 1.29 is 0 Å². The van der Waals surface area contributed by atoms with E-state index < -0.39 is 0 Å². The number of hydrogen-bond donors (Lipinski definition) is 0. The van der Waals surface area contributed by atoms with Gasteiger partial charge in [0.2, 0.25) is 0 Å². The van der Waals surface area contributed by atoms with Gasteiger partial charge >= 0.3 is 0 Å². The van der Waals surface area contributed by atoms with E-state index in [1.807, 2.05) is 0 Å². The molecular formula is C14H17. The van der Waals surface area contributed by atoms with Crippen molar-refractivity contribution in [1.82, 2.24) is 0 Å². The largest absolute Gasteiger partial charge is 0.0876 e. The quantitative estimate of drug-likeness (QED) is 0.497. The highest BCUT2D eigenvalue weighted by atomic mass is 13.8. The summed E-state index contributed by atoms with van der Waals surface area (Å²) in [4.78, 5) is 0. The first-order chi connectivity index (χ1) is 7.00. The van der Waals surface area contributed by atoms with Gasteiger partial charge < -0.3 is 0 Å². The summed E-state index contributed by atoms with van der Waals surface area (Å²) in [6, 6.07) is 0. The standard InChI is InChI=1S/C14H17/c1-2-4-6-8-10-12-14-13-11-9-7-5-3-1/h1-6,9-13H,7-8,14H2/b2-1-,5-3+,6-4+,11-9+,12-10+. The van der Waals surface area contributed by atoms with Crippen LogP contribution in [0.25, 0.3) is 0 Å². The van der Waals surface area contributed by atoms with Gasteiger partial charge in [-0.25, -0.2) is 0 Å². The Morgan fingerprint density at radius 3 is 1.79 bits per heavy atom. The average Bonchev–Trinajstić information content (AvgIpc) is 2.22. The lowest BCUT2D eigenvalue weighted by molar-refractivity contribution is 1.24. The van der Waals surface area contributed by atoms with Crippen LogP contribution in [0.5, 0.6) is 0 Å². The van der Waals surface area contributed by atoms with E-state index in [4.69, 9.17) is 0 Å². The van der Waals surface area contributed by atoms with Crippen LogP contribution in [-0.2, 0) is 0 Å². The van der Waals surface area contributed by atoms with Crippen molar-refractivity contribution in [2.24, 2.45) is 0 Å². The average molecular weight is 185 g/mol. The summed E-state index contributed by atoms with van der Waals surface area (Å²) in [5.74, 6) is 0. The Morgan fingerprint density at radius 1 is 0.429 bits per heavy atom. The third-order valence-corrected chi connectivity index (χ3v) is 1.86. The molecule has 0 unspecified atom stereocenters. The summed E-state index contributed by atoms with van der Waals surface area (Å²) in [6.07, 6.45) is 26.5. The summed E-state index contributed by atoms with van der Waals surface area (Å²) in [5.41, 5.74) is 0. The topological polar surface area (TPSA) is 0 Å². The Kier molecular flexibility index (Phi) is 6.39. The van der Waals surface area contributed by atoms with Gasteiger partial charge in [-0.1, -0.05) is 60.8 Å². The van der Waals surface area contributed by atoms with Crippen molar-refractivity contribution >= 4 is 0 Å². The van der Waals surface area contributed by atoms with Crippen LogP contribution in [0.3, 0.4) is 0 Å². The molecule has 0 heterocycles. The fraction of sp³-hybridized carbons (Fsp3) is 0.214. The van der Waals surface area contributed by atoms with E-state index in [1.165, 1.54) is 0 Å². The Labute approximate surface area is 87.0 Å². The molecule has 0 aromatic rings. The molecule has 0 atom stereocenters. The second kappa shape index (κ2) is 8.31. The molecule has 1 radical (unpaired) electrons. The van der Waals surface area contributed by atoms with Crippen molar-refractivity contribution in [3.8, 4) is 0 Å². The van der Waals surface area contributed by atoms with Crippen LogP contribution in [0.4, 0.5) is 0 Å². The SMILES string of the molecule is [CH]1/C=C/C/C=C/C=C\C=C\C/C=C/C1. The van der Waals surface area contributed by atoms with Crippen LogP contribution in [0.15, 0.2) is 60.8 Å². The molecule has 0 saturated carbocycles. The molecule has 0 heteroatoms. The molecule has 14 heavy (non-hydrogen) atoms. The molecular weight excluding hydrogens is 168 g/mol. The number of hydrogen-bond acceptors (Lipinski definition) is 0. The van der Waals surface area contributed by atoms with Gasteiger partial charge in [0.25, 0.3) is 0 Å². The Balaban J connectivity index is 2.45. The number of rotatable bonds is 0. The molecule has 1 aliphatic carbocycles. The van der Waals surface area contributed by atoms with Gasteiger partial charge in [0.1, 0.15) is 0 Å². The molecule has 0 N–H and O–H groups in total. The second-order valence-electron chi connectivity index (χ2n) is 3.08. The van der Waals surface area contributed by atoms with Gasteiger partial charge in [-0.2, -0.15) is 0 Å². The molecule has 0 aliphatic heterocycles. The van der Waals surface area contributed by atoms with Crippen LogP contribution in [0.2, 0.25) is 0 Å². The van der Waals surface area contributed by atoms with E-state index in [2.05, 4.69) is 67.2 Å². The lowest BCUT2D eigenvalue weighted by Crippen LogP contribution is -1.68. The third kappa shape index (κ3) is 6.24. The molecule has 1 aliphatic rings. The van der Waals surface area contributed by atoms with Gasteiger partial charge in [-0.3, -0.25) is 0 Å². The summed E-state index contributed by atoms with van der Waals surface area (Å²) >= 11 is 0. The summed E-state index contributed by atoms with van der Waals surface area (Å²) < 4.78 is 0. The summed E-state index contributed by atoms with van der Waals surface area (Å²) in [5, 5.41) is 0. The molecule has 0 amide bonds. The van der Waals surface area contributed by atoms with Gasteiger partial charge in [0, 0.05) is 0 Å². The predicted octanol–water partition coefficient (Wildman–Crippen LogP) is 4.16. The monoisotopic (exact) mass is 185 g/mol. The van der Waals surface area contributed by atoms with E-state index in [0.717, 1.165) is 19.3 Å². The van der Waals surface area contributed by atoms with E-state index in [-0.39, 0.29) is 0 Å². The fourth-order valence-electron chi connectivity index (χ4n) is 1.12. The summed E-state index contributed by atoms with van der Waals surface area (Å²) in [6.45, 7) is 0. The van der Waals surface area contributed by atoms with Crippen molar-refractivity contribution in [2.75, 3.05) is 0 Å². The maximum absolute atomic E-state index is 2.19. The zero-order valence-electron chi connectivity index (χ0n) is 8.47. The third-order valence-electron chi connectivity index (χ3n) is 1.86. The highest BCUT2D eigenvalue weighted by Gasteiger charge is 1.77. The highest BCUT2D eigenvalue weighted by molar-refractivity contribution is 5.13. The first kappa shape index (κ1) is 10.8. The molecule has 0 spiro atoms. The maximum atomic E-state index is 2.19. The highest BCUT2D eigenvalue weighted by Crippen LogP contribution is 1.97. The minimum Gasteiger partial charge on any atom is -0.0876 e. The zero-order chi connectivity index (χ0) is 9.90. The molecule has 0 fully saturated rings. The van der Waals surface area contributed by atoms with Crippen molar-refractivity contribution in [1.29, 1.82) is 0 Å². The van der Waals surface area contributed by atoms with E-state index in [9.17, 15) is 0 Å². The first-order valence-corrected chi connectivity index (χ1v) is 5.12. The first-order valence-electron chi connectivity index (χ1n) is 5.12. The van der Waals surface area contributed by atoms with E-state index >= 15 is 0 Å². The van der Waals surface area contributed by atoms with E-state index in [0.29, 0.717) is 0 Å². The van der Waals surface area contributed by atoms with Crippen molar-refractivity contribution in [2.45, 2.75) is 19.3 Å². The smallest absolute Gasteiger partial charge is 0.0133 e. The molecule has 0 saturated heterocycles. The Morgan fingerprint density at radius 2 is 1.00 bits per heavy atom. The lowest BCUT2D eigenvalue weighted by Gasteiger charge is -1.87. The fourth-order valence-corrected chi connectivity index (χ4v) is 1.12. The Hall–Kier alpha value is -1.30. The van der Waals surface area contributed by atoms with Crippen LogP contribution >= 0.6 is 0 Å². The van der Waals surface area contributed by atoms with Gasteiger partial charge in [0.05, 0.1) is 0 Å². The van der Waals surface area contributed by atoms with Crippen molar-refractivity contribution in [3.63, 3.8) is 0 Å². The predicted molar refractivity (Wildman–Crippen MR) is 63.9 cm³/mol. The maximum Gasteiger partial charge on any atom is -0.0133 e. The molecule has 1 rings (SSSR count). The van der Waals surface area contributed by atoms with Crippen molar-refractivity contribution in [3.05, 3.63) is 67.2 Å². The normalized spacial score (nSPS) is 29.7. The molecule has 0 bridgehead atoms. The van der Waals surface area contributed by atoms with Gasteiger partial charge in [-0.15, -0.1) is 0 Å². The van der Waals surface area contributed by atoms with Crippen LogP contribution < -0.4 is 0 Å². The minimum atomic E-state index is 1.01. The van der Waals surface area contributed by atoms with Gasteiger partial charge in [-0.05, 0) is 25.7 Å². The van der Waals surface area contributed by atoms with Crippen LogP contribution in [-0.4, -0.2) is 0 Å². The molecule has 0 nitrogen and oxygen atoms in total. The molecule has 0 aromatic carbocycles. The number of allylic oxidation sites excluding steroid dienone is 10. The summed E-state index contributed by atoms with van der Waals surface area (Å²) in [7, 11) is 0. The van der Waals surface area contributed by atoms with E-state index in [1.54, 1.807) is 0 Å². The minimum absolute atomic E-state index is 1.01. The lowest BCUT2D eigenvalue weighted by atomic mass is 10.2. The van der Waals surface area contributed by atoms with Gasteiger partial charge in [0.15, 0.2) is 0 Å². The zero-order valence-corrected chi connectivity index (χ0v) is 8.47. The molecule has 73 valence electrons. The second-order valence-corrected chi connectivity index (χ2v) is 3.08. The Bertz CT molecular complexity index is 234. The van der Waals surface area contributed by atoms with Crippen LogP contribution in [0, 0.1) is 6.42 Å². The van der Waals surface area contributed by atoms with Crippen LogP contribution in [0.1, 0.15) is 19.3 Å².